The normalized spacial score (nSPS) is 11.5. The van der Waals surface area contributed by atoms with Crippen LogP contribution in [0.3, 0.4) is 0 Å². The Balaban J connectivity index is 2.32. The summed E-state index contributed by atoms with van der Waals surface area (Å²) in [5, 5.41) is 2.55. The van der Waals surface area contributed by atoms with Gasteiger partial charge in [-0.2, -0.15) is 18.2 Å². The molecule has 0 radical (unpaired) electrons. The van der Waals surface area contributed by atoms with Crippen LogP contribution in [0.4, 0.5) is 24.9 Å². The SMILES string of the molecule is CNc1nc(N(C)Cc2scnc2C)cc(C(F)(F)F)n1. The van der Waals surface area contributed by atoms with Crippen molar-refractivity contribution >= 4 is 23.1 Å². The molecule has 21 heavy (non-hydrogen) atoms. The molecular formula is C12H14F3N5S. The van der Waals surface area contributed by atoms with Crippen LogP contribution in [-0.2, 0) is 12.7 Å². The highest BCUT2D eigenvalue weighted by molar-refractivity contribution is 7.09. The lowest BCUT2D eigenvalue weighted by Crippen LogP contribution is -2.20. The van der Waals surface area contributed by atoms with Crippen LogP contribution in [0.2, 0.25) is 0 Å². The van der Waals surface area contributed by atoms with Gasteiger partial charge in [-0.25, -0.2) is 9.97 Å². The Morgan fingerprint density at radius 1 is 1.33 bits per heavy atom. The van der Waals surface area contributed by atoms with Crippen molar-refractivity contribution in [1.29, 1.82) is 0 Å². The molecule has 9 heteroatoms. The number of alkyl halides is 3. The average Bonchev–Trinajstić information content (AvgIpc) is 2.82. The van der Waals surface area contributed by atoms with Gasteiger partial charge in [-0.3, -0.25) is 0 Å². The number of aryl methyl sites for hydroxylation is 1. The average molecular weight is 317 g/mol. The molecule has 2 rings (SSSR count). The maximum Gasteiger partial charge on any atom is 0.433 e. The molecule has 0 unspecified atom stereocenters. The number of rotatable bonds is 4. The molecule has 0 aromatic carbocycles. The van der Waals surface area contributed by atoms with E-state index in [2.05, 4.69) is 20.3 Å². The number of nitrogens with one attached hydrogen (secondary N) is 1. The number of anilines is 2. The predicted molar refractivity (Wildman–Crippen MR) is 75.5 cm³/mol. The Kier molecular flexibility index (Phi) is 4.31. The third-order valence-electron chi connectivity index (χ3n) is 2.84. The minimum atomic E-state index is -4.51. The molecule has 1 N–H and O–H groups in total. The van der Waals surface area contributed by atoms with Crippen molar-refractivity contribution in [1.82, 2.24) is 15.0 Å². The summed E-state index contributed by atoms with van der Waals surface area (Å²) in [6.45, 7) is 2.30. The summed E-state index contributed by atoms with van der Waals surface area (Å²) in [5.74, 6) is 0.141. The van der Waals surface area contributed by atoms with E-state index in [1.807, 2.05) is 6.92 Å². The molecular weight excluding hydrogens is 303 g/mol. The summed E-state index contributed by atoms with van der Waals surface area (Å²) in [5.41, 5.74) is 1.61. The van der Waals surface area contributed by atoms with Crippen LogP contribution >= 0.6 is 11.3 Å². The highest BCUT2D eigenvalue weighted by Gasteiger charge is 2.34. The van der Waals surface area contributed by atoms with E-state index in [4.69, 9.17) is 0 Å². The summed E-state index contributed by atoms with van der Waals surface area (Å²) in [7, 11) is 3.16. The predicted octanol–water partition coefficient (Wildman–Crippen LogP) is 2.94. The molecule has 0 atom stereocenters. The van der Waals surface area contributed by atoms with Crippen molar-refractivity contribution in [3.05, 3.63) is 27.8 Å². The number of hydrogen-bond acceptors (Lipinski definition) is 6. The van der Waals surface area contributed by atoms with E-state index >= 15 is 0 Å². The number of aromatic nitrogens is 3. The molecule has 5 nitrogen and oxygen atoms in total. The Morgan fingerprint density at radius 3 is 2.57 bits per heavy atom. The van der Waals surface area contributed by atoms with E-state index < -0.39 is 11.9 Å². The second-order valence-electron chi connectivity index (χ2n) is 4.40. The van der Waals surface area contributed by atoms with Crippen LogP contribution < -0.4 is 10.2 Å². The fourth-order valence-electron chi connectivity index (χ4n) is 1.66. The van der Waals surface area contributed by atoms with E-state index in [1.165, 1.54) is 18.4 Å². The minimum Gasteiger partial charge on any atom is -0.357 e. The van der Waals surface area contributed by atoms with Crippen molar-refractivity contribution in [3.63, 3.8) is 0 Å². The van der Waals surface area contributed by atoms with Gasteiger partial charge in [-0.05, 0) is 6.92 Å². The molecule has 2 heterocycles. The number of nitrogens with zero attached hydrogens (tertiary/aromatic N) is 4. The van der Waals surface area contributed by atoms with Gasteiger partial charge in [0.15, 0.2) is 5.69 Å². The molecule has 2 aromatic rings. The lowest BCUT2D eigenvalue weighted by molar-refractivity contribution is -0.141. The summed E-state index contributed by atoms with van der Waals surface area (Å²) >= 11 is 1.46. The lowest BCUT2D eigenvalue weighted by Gasteiger charge is -2.19. The first-order chi connectivity index (χ1) is 9.81. The van der Waals surface area contributed by atoms with E-state index in [0.717, 1.165) is 16.6 Å². The first-order valence-corrected chi connectivity index (χ1v) is 6.93. The van der Waals surface area contributed by atoms with Crippen LogP contribution in [0.25, 0.3) is 0 Å². The fourth-order valence-corrected chi connectivity index (χ4v) is 2.49. The van der Waals surface area contributed by atoms with E-state index in [-0.39, 0.29) is 11.8 Å². The fraction of sp³-hybridized carbons (Fsp3) is 0.417. The van der Waals surface area contributed by atoms with Crippen molar-refractivity contribution in [3.8, 4) is 0 Å². The van der Waals surface area contributed by atoms with Crippen LogP contribution in [0.15, 0.2) is 11.6 Å². The van der Waals surface area contributed by atoms with Crippen molar-refractivity contribution in [2.24, 2.45) is 0 Å². The second kappa shape index (κ2) is 5.84. The van der Waals surface area contributed by atoms with E-state index in [9.17, 15) is 13.2 Å². The van der Waals surface area contributed by atoms with Gasteiger partial charge in [0.1, 0.15) is 5.82 Å². The zero-order chi connectivity index (χ0) is 15.6. The quantitative estimate of drug-likeness (QED) is 0.939. The van der Waals surface area contributed by atoms with E-state index in [0.29, 0.717) is 6.54 Å². The van der Waals surface area contributed by atoms with Crippen LogP contribution in [0.5, 0.6) is 0 Å². The van der Waals surface area contributed by atoms with Gasteiger partial charge in [0.2, 0.25) is 5.95 Å². The molecule has 114 valence electrons. The summed E-state index contributed by atoms with van der Waals surface area (Å²) in [6.07, 6.45) is -4.51. The summed E-state index contributed by atoms with van der Waals surface area (Å²) in [6, 6.07) is 0.942. The van der Waals surface area contributed by atoms with Gasteiger partial charge in [0, 0.05) is 25.0 Å². The highest BCUT2D eigenvalue weighted by atomic mass is 32.1. The zero-order valence-electron chi connectivity index (χ0n) is 11.7. The molecule has 0 spiro atoms. The lowest BCUT2D eigenvalue weighted by atomic mass is 10.3. The Bertz CT molecular complexity index is 626. The van der Waals surface area contributed by atoms with Gasteiger partial charge in [0.05, 0.1) is 17.7 Å². The standard InChI is InChI=1S/C12H14F3N5S/c1-7-8(21-6-17-7)5-20(3)10-4-9(12(13,14)15)18-11(16-2)19-10/h4,6H,5H2,1-3H3,(H,16,18,19). The molecule has 0 aliphatic heterocycles. The number of halogens is 3. The third kappa shape index (κ3) is 3.60. The number of hydrogen-bond donors (Lipinski definition) is 1. The van der Waals surface area contributed by atoms with Gasteiger partial charge in [-0.15, -0.1) is 11.3 Å². The molecule has 0 aliphatic carbocycles. The smallest absolute Gasteiger partial charge is 0.357 e. The monoisotopic (exact) mass is 317 g/mol. The van der Waals surface area contributed by atoms with Gasteiger partial charge in [-0.1, -0.05) is 0 Å². The van der Waals surface area contributed by atoms with Gasteiger partial charge in [0.25, 0.3) is 0 Å². The minimum absolute atomic E-state index is 0.0623. The number of thiazole rings is 1. The molecule has 0 fully saturated rings. The maximum absolute atomic E-state index is 12.8. The highest BCUT2D eigenvalue weighted by Crippen LogP contribution is 2.30. The van der Waals surface area contributed by atoms with Gasteiger partial charge < -0.3 is 10.2 Å². The largest absolute Gasteiger partial charge is 0.433 e. The molecule has 2 aromatic heterocycles. The molecule has 0 saturated heterocycles. The maximum atomic E-state index is 12.8. The first-order valence-electron chi connectivity index (χ1n) is 6.05. The topological polar surface area (TPSA) is 53.9 Å². The third-order valence-corrected chi connectivity index (χ3v) is 3.76. The molecule has 0 bridgehead atoms. The van der Waals surface area contributed by atoms with Gasteiger partial charge >= 0.3 is 6.18 Å². The molecule has 0 amide bonds. The Morgan fingerprint density at radius 2 is 2.05 bits per heavy atom. The zero-order valence-corrected chi connectivity index (χ0v) is 12.5. The van der Waals surface area contributed by atoms with Crippen molar-refractivity contribution in [2.45, 2.75) is 19.6 Å². The summed E-state index contributed by atoms with van der Waals surface area (Å²) in [4.78, 5) is 14.2. The van der Waals surface area contributed by atoms with Crippen molar-refractivity contribution in [2.75, 3.05) is 24.3 Å². The van der Waals surface area contributed by atoms with E-state index in [1.54, 1.807) is 17.5 Å². The Hall–Kier alpha value is -1.90. The Labute approximate surface area is 123 Å². The second-order valence-corrected chi connectivity index (χ2v) is 5.34. The molecule has 0 aliphatic rings. The van der Waals surface area contributed by atoms with Crippen LogP contribution in [-0.4, -0.2) is 29.0 Å². The van der Waals surface area contributed by atoms with Crippen LogP contribution in [0.1, 0.15) is 16.3 Å². The van der Waals surface area contributed by atoms with Crippen molar-refractivity contribution < 1.29 is 13.2 Å². The molecule has 0 saturated carbocycles. The van der Waals surface area contributed by atoms with Crippen LogP contribution in [0, 0.1) is 6.92 Å². The summed E-state index contributed by atoms with van der Waals surface area (Å²) < 4.78 is 38.5. The first kappa shape index (κ1) is 15.5.